The molecule has 0 aliphatic heterocycles. The minimum Gasteiger partial charge on any atom is -0.325 e. The molecule has 1 aromatic carbocycles. The first kappa shape index (κ1) is 11.8. The molecule has 0 saturated heterocycles. The van der Waals surface area contributed by atoms with Crippen molar-refractivity contribution in [2.45, 2.75) is 11.4 Å². The number of hydrogen-bond donors (Lipinski definition) is 1. The maximum atomic E-state index is 11.3. The van der Waals surface area contributed by atoms with Crippen molar-refractivity contribution in [1.82, 2.24) is 9.55 Å². The van der Waals surface area contributed by atoms with Crippen molar-refractivity contribution in [1.29, 1.82) is 0 Å². The van der Waals surface area contributed by atoms with E-state index in [0.717, 1.165) is 11.4 Å². The quantitative estimate of drug-likeness (QED) is 0.872. The Hall–Kier alpha value is -1.66. The van der Waals surface area contributed by atoms with Gasteiger partial charge in [-0.3, -0.25) is 0 Å². The van der Waals surface area contributed by atoms with Crippen molar-refractivity contribution in [2.24, 2.45) is 5.73 Å². The molecule has 1 aromatic heterocycles. The maximum Gasteiger partial charge on any atom is 0.175 e. The lowest BCUT2D eigenvalue weighted by Gasteiger charge is -2.07. The lowest BCUT2D eigenvalue weighted by atomic mass is 10.3. The highest BCUT2D eigenvalue weighted by molar-refractivity contribution is 7.90. The van der Waals surface area contributed by atoms with Crippen molar-refractivity contribution in [3.63, 3.8) is 0 Å². The van der Waals surface area contributed by atoms with E-state index in [1.807, 2.05) is 4.57 Å². The molecule has 17 heavy (non-hydrogen) atoms. The van der Waals surface area contributed by atoms with Gasteiger partial charge in [-0.1, -0.05) is 0 Å². The molecule has 2 N–H and O–H groups in total. The smallest absolute Gasteiger partial charge is 0.175 e. The zero-order valence-electron chi connectivity index (χ0n) is 9.37. The molecule has 0 atom stereocenters. The van der Waals surface area contributed by atoms with Gasteiger partial charge in [-0.25, -0.2) is 13.4 Å². The molecular formula is C11H13N3O2S. The first-order chi connectivity index (χ1) is 8.02. The second-order valence-corrected chi connectivity index (χ2v) is 5.74. The summed E-state index contributed by atoms with van der Waals surface area (Å²) in [6.07, 6.45) is 4.52. The first-order valence-corrected chi connectivity index (χ1v) is 6.93. The van der Waals surface area contributed by atoms with E-state index in [1.165, 1.54) is 6.26 Å². The summed E-state index contributed by atoms with van der Waals surface area (Å²) in [5, 5.41) is 0. The van der Waals surface area contributed by atoms with Crippen LogP contribution < -0.4 is 5.73 Å². The van der Waals surface area contributed by atoms with Crippen molar-refractivity contribution in [3.8, 4) is 5.69 Å². The standard InChI is InChI=1S/C11H13N3O2S/c1-17(15,16)11-4-2-9(3-5-11)14-8-13-7-10(14)6-12/h2-5,7-8H,6,12H2,1H3. The zero-order chi connectivity index (χ0) is 12.5. The minimum absolute atomic E-state index is 0.302. The van der Waals surface area contributed by atoms with Crippen LogP contribution in [0.3, 0.4) is 0 Å². The van der Waals surface area contributed by atoms with Crippen molar-refractivity contribution in [2.75, 3.05) is 6.26 Å². The van der Waals surface area contributed by atoms with E-state index in [4.69, 9.17) is 5.73 Å². The third-order valence-corrected chi connectivity index (χ3v) is 3.60. The molecule has 0 fully saturated rings. The average Bonchev–Trinajstić information content (AvgIpc) is 2.76. The fourth-order valence-corrected chi connectivity index (χ4v) is 2.19. The molecule has 1 heterocycles. The highest BCUT2D eigenvalue weighted by Crippen LogP contribution is 2.15. The molecule has 0 unspecified atom stereocenters. The number of imidazole rings is 1. The summed E-state index contributed by atoms with van der Waals surface area (Å²) in [7, 11) is -3.15. The predicted octanol–water partition coefficient (Wildman–Crippen LogP) is 0.735. The summed E-state index contributed by atoms with van der Waals surface area (Å²) in [6.45, 7) is 0.383. The van der Waals surface area contributed by atoms with Gasteiger partial charge >= 0.3 is 0 Å². The number of rotatable bonds is 3. The molecule has 2 rings (SSSR count). The normalized spacial score (nSPS) is 11.6. The van der Waals surface area contributed by atoms with Gasteiger partial charge in [-0.05, 0) is 24.3 Å². The minimum atomic E-state index is -3.15. The Morgan fingerprint density at radius 2 is 1.94 bits per heavy atom. The van der Waals surface area contributed by atoms with Gasteiger partial charge in [0.25, 0.3) is 0 Å². The second-order valence-electron chi connectivity index (χ2n) is 3.73. The molecule has 0 radical (unpaired) electrons. The maximum absolute atomic E-state index is 11.3. The van der Waals surface area contributed by atoms with Gasteiger partial charge in [0.2, 0.25) is 0 Å². The average molecular weight is 251 g/mol. The Morgan fingerprint density at radius 1 is 1.29 bits per heavy atom. The summed E-state index contributed by atoms with van der Waals surface area (Å²) < 4.78 is 24.5. The fourth-order valence-electron chi connectivity index (χ4n) is 1.56. The van der Waals surface area contributed by atoms with Crippen LogP contribution in [0.1, 0.15) is 5.69 Å². The molecule has 0 bridgehead atoms. The Bertz CT molecular complexity index is 614. The first-order valence-electron chi connectivity index (χ1n) is 5.04. The summed E-state index contributed by atoms with van der Waals surface area (Å²) >= 11 is 0. The number of benzene rings is 1. The highest BCUT2D eigenvalue weighted by atomic mass is 32.2. The Labute approximate surface area is 99.8 Å². The van der Waals surface area contributed by atoms with Crippen molar-refractivity contribution >= 4 is 9.84 Å². The van der Waals surface area contributed by atoms with Gasteiger partial charge in [-0.2, -0.15) is 0 Å². The van der Waals surface area contributed by atoms with Crippen LogP contribution in [-0.4, -0.2) is 24.2 Å². The molecule has 0 amide bonds. The Morgan fingerprint density at radius 3 is 2.47 bits per heavy atom. The fraction of sp³-hybridized carbons (Fsp3) is 0.182. The largest absolute Gasteiger partial charge is 0.325 e. The third kappa shape index (κ3) is 2.37. The molecule has 6 heteroatoms. The van der Waals surface area contributed by atoms with Crippen LogP contribution in [0.25, 0.3) is 5.69 Å². The topological polar surface area (TPSA) is 78.0 Å². The van der Waals surface area contributed by atoms with Gasteiger partial charge in [0, 0.05) is 24.7 Å². The van der Waals surface area contributed by atoms with Crippen LogP contribution in [0, 0.1) is 0 Å². The molecule has 0 aliphatic rings. The van der Waals surface area contributed by atoms with E-state index >= 15 is 0 Å². The van der Waals surface area contributed by atoms with Crippen LogP contribution >= 0.6 is 0 Å². The van der Waals surface area contributed by atoms with Crippen LogP contribution in [0.4, 0.5) is 0 Å². The molecular weight excluding hydrogens is 238 g/mol. The van der Waals surface area contributed by atoms with Gasteiger partial charge < -0.3 is 10.3 Å². The number of nitrogens with two attached hydrogens (primary N) is 1. The van der Waals surface area contributed by atoms with Crippen LogP contribution in [-0.2, 0) is 16.4 Å². The van der Waals surface area contributed by atoms with Gasteiger partial charge in [0.05, 0.1) is 16.9 Å². The van der Waals surface area contributed by atoms with E-state index in [-0.39, 0.29) is 0 Å². The van der Waals surface area contributed by atoms with Gasteiger partial charge in [-0.15, -0.1) is 0 Å². The third-order valence-electron chi connectivity index (χ3n) is 2.47. The van der Waals surface area contributed by atoms with E-state index in [1.54, 1.807) is 36.8 Å². The van der Waals surface area contributed by atoms with E-state index in [0.29, 0.717) is 11.4 Å². The van der Waals surface area contributed by atoms with Crippen molar-refractivity contribution < 1.29 is 8.42 Å². The summed E-state index contributed by atoms with van der Waals surface area (Å²) in [5.74, 6) is 0. The molecule has 0 saturated carbocycles. The number of aromatic nitrogens is 2. The summed E-state index contributed by atoms with van der Waals surface area (Å²) in [6, 6.07) is 6.62. The molecule has 0 spiro atoms. The highest BCUT2D eigenvalue weighted by Gasteiger charge is 2.07. The molecule has 2 aromatic rings. The Kier molecular flexibility index (Phi) is 2.99. The van der Waals surface area contributed by atoms with Crippen LogP contribution in [0.15, 0.2) is 41.7 Å². The summed E-state index contributed by atoms with van der Waals surface area (Å²) in [5.41, 5.74) is 7.29. The van der Waals surface area contributed by atoms with E-state index in [2.05, 4.69) is 4.98 Å². The van der Waals surface area contributed by atoms with Gasteiger partial charge in [0.15, 0.2) is 9.84 Å². The monoisotopic (exact) mass is 251 g/mol. The molecule has 5 nitrogen and oxygen atoms in total. The van der Waals surface area contributed by atoms with Gasteiger partial charge in [0.1, 0.15) is 0 Å². The lowest BCUT2D eigenvalue weighted by molar-refractivity contribution is 0.602. The number of nitrogens with zero attached hydrogens (tertiary/aromatic N) is 2. The second kappa shape index (κ2) is 4.31. The molecule has 0 aliphatic carbocycles. The zero-order valence-corrected chi connectivity index (χ0v) is 10.2. The number of sulfone groups is 1. The Balaban J connectivity index is 2.43. The summed E-state index contributed by atoms with van der Waals surface area (Å²) in [4.78, 5) is 4.31. The predicted molar refractivity (Wildman–Crippen MR) is 64.6 cm³/mol. The molecule has 90 valence electrons. The SMILES string of the molecule is CS(=O)(=O)c1ccc(-n2cncc2CN)cc1. The number of hydrogen-bond acceptors (Lipinski definition) is 4. The van der Waals surface area contributed by atoms with E-state index < -0.39 is 9.84 Å². The van der Waals surface area contributed by atoms with Crippen LogP contribution in [0.5, 0.6) is 0 Å². The lowest BCUT2D eigenvalue weighted by Crippen LogP contribution is -2.05. The van der Waals surface area contributed by atoms with E-state index in [9.17, 15) is 8.42 Å². The van der Waals surface area contributed by atoms with Crippen molar-refractivity contribution in [3.05, 3.63) is 42.5 Å². The van der Waals surface area contributed by atoms with Crippen LogP contribution in [0.2, 0.25) is 0 Å².